The lowest BCUT2D eigenvalue weighted by Crippen LogP contribution is -2.32. The van der Waals surface area contributed by atoms with E-state index in [0.717, 1.165) is 5.56 Å². The quantitative estimate of drug-likeness (QED) is 0.658. The summed E-state index contributed by atoms with van der Waals surface area (Å²) >= 11 is 0. The molecule has 90 valence electrons. The van der Waals surface area contributed by atoms with Crippen molar-refractivity contribution in [2.24, 2.45) is 11.5 Å². The average Bonchev–Trinajstić information content (AvgIpc) is 2.35. The van der Waals surface area contributed by atoms with Crippen molar-refractivity contribution < 1.29 is 14.6 Å². The number of rotatable bonds is 5. The summed E-state index contributed by atoms with van der Waals surface area (Å²) in [5, 5.41) is 9.55. The van der Waals surface area contributed by atoms with Crippen LogP contribution in [0.3, 0.4) is 0 Å². The molecule has 5 nitrogen and oxygen atoms in total. The van der Waals surface area contributed by atoms with Gasteiger partial charge in [0.25, 0.3) is 0 Å². The summed E-state index contributed by atoms with van der Waals surface area (Å²) in [5.41, 5.74) is 11.9. The third-order valence-electron chi connectivity index (χ3n) is 2.45. The lowest BCUT2D eigenvalue weighted by molar-refractivity contribution is 0.153. The molecule has 5 heteroatoms. The first-order valence-electron chi connectivity index (χ1n) is 4.99. The lowest BCUT2D eigenvalue weighted by atomic mass is 10.0. The first-order chi connectivity index (χ1) is 7.63. The molecular formula is C11H18N2O3. The molecule has 0 aromatic heterocycles. The van der Waals surface area contributed by atoms with E-state index in [9.17, 15) is 5.11 Å². The molecule has 1 aromatic carbocycles. The van der Waals surface area contributed by atoms with E-state index in [1.54, 1.807) is 32.4 Å². The molecule has 0 saturated heterocycles. The molecule has 0 radical (unpaired) electrons. The van der Waals surface area contributed by atoms with Crippen molar-refractivity contribution in [1.82, 2.24) is 0 Å². The Morgan fingerprint density at radius 2 is 1.88 bits per heavy atom. The van der Waals surface area contributed by atoms with Gasteiger partial charge in [-0.05, 0) is 17.7 Å². The highest BCUT2D eigenvalue weighted by molar-refractivity contribution is 5.43. The zero-order valence-corrected chi connectivity index (χ0v) is 9.51. The van der Waals surface area contributed by atoms with E-state index >= 15 is 0 Å². The Morgan fingerprint density at radius 1 is 1.25 bits per heavy atom. The van der Waals surface area contributed by atoms with Gasteiger partial charge in [0.1, 0.15) is 0 Å². The molecule has 5 N–H and O–H groups in total. The van der Waals surface area contributed by atoms with Crippen LogP contribution in [-0.4, -0.2) is 32.0 Å². The maximum atomic E-state index is 9.55. The van der Waals surface area contributed by atoms with Gasteiger partial charge in [-0.1, -0.05) is 6.07 Å². The molecule has 0 saturated carbocycles. The van der Waals surface area contributed by atoms with Crippen molar-refractivity contribution in [3.8, 4) is 11.5 Å². The van der Waals surface area contributed by atoms with E-state index in [4.69, 9.17) is 20.9 Å². The molecule has 1 rings (SSSR count). The minimum absolute atomic E-state index is 0.121. The van der Waals surface area contributed by atoms with Crippen LogP contribution in [0.2, 0.25) is 0 Å². The fourth-order valence-corrected chi connectivity index (χ4v) is 1.43. The second-order valence-electron chi connectivity index (χ2n) is 3.44. The maximum Gasteiger partial charge on any atom is 0.161 e. The molecule has 16 heavy (non-hydrogen) atoms. The molecule has 0 bridgehead atoms. The lowest BCUT2D eigenvalue weighted by Gasteiger charge is -2.18. The van der Waals surface area contributed by atoms with Crippen molar-refractivity contribution in [3.63, 3.8) is 0 Å². The average molecular weight is 226 g/mol. The normalized spacial score (nSPS) is 14.3. The van der Waals surface area contributed by atoms with Gasteiger partial charge >= 0.3 is 0 Å². The van der Waals surface area contributed by atoms with Crippen molar-refractivity contribution in [2.45, 2.75) is 12.1 Å². The Morgan fingerprint density at radius 3 is 2.38 bits per heavy atom. The Kier molecular flexibility index (Phi) is 4.54. The van der Waals surface area contributed by atoms with Crippen LogP contribution in [0.15, 0.2) is 18.2 Å². The Bertz CT molecular complexity index is 344. The topological polar surface area (TPSA) is 90.7 Å². The standard InChI is InChI=1S/C11H18N2O3/c1-15-9-4-3-7(5-10(9)16-2)11(13)8(14)6-12/h3-5,8,11,14H,6,12-13H2,1-2H3. The highest BCUT2D eigenvalue weighted by atomic mass is 16.5. The number of aliphatic hydroxyl groups is 1. The number of methoxy groups -OCH3 is 2. The van der Waals surface area contributed by atoms with Gasteiger partial charge in [-0.15, -0.1) is 0 Å². The summed E-state index contributed by atoms with van der Waals surface area (Å²) in [5.74, 6) is 1.21. The predicted molar refractivity (Wildman–Crippen MR) is 61.5 cm³/mol. The van der Waals surface area contributed by atoms with Gasteiger partial charge in [0.2, 0.25) is 0 Å². The summed E-state index contributed by atoms with van der Waals surface area (Å²) < 4.78 is 10.3. The molecule has 0 heterocycles. The Balaban J connectivity index is 2.98. The van der Waals surface area contributed by atoms with Gasteiger partial charge in [0.15, 0.2) is 11.5 Å². The highest BCUT2D eigenvalue weighted by Gasteiger charge is 2.17. The second kappa shape index (κ2) is 5.69. The minimum Gasteiger partial charge on any atom is -0.493 e. The van der Waals surface area contributed by atoms with Crippen LogP contribution in [-0.2, 0) is 0 Å². The zero-order chi connectivity index (χ0) is 12.1. The zero-order valence-electron chi connectivity index (χ0n) is 9.51. The highest BCUT2D eigenvalue weighted by Crippen LogP contribution is 2.29. The van der Waals surface area contributed by atoms with Crippen LogP contribution in [0.5, 0.6) is 11.5 Å². The van der Waals surface area contributed by atoms with Gasteiger partial charge in [0, 0.05) is 6.54 Å². The van der Waals surface area contributed by atoms with Gasteiger partial charge in [0.05, 0.1) is 26.4 Å². The molecule has 0 spiro atoms. The monoisotopic (exact) mass is 226 g/mol. The first-order valence-corrected chi connectivity index (χ1v) is 4.99. The molecular weight excluding hydrogens is 208 g/mol. The molecule has 0 amide bonds. The molecule has 2 atom stereocenters. The van der Waals surface area contributed by atoms with Crippen LogP contribution in [0.25, 0.3) is 0 Å². The number of nitrogens with two attached hydrogens (primary N) is 2. The molecule has 0 aliphatic heterocycles. The van der Waals surface area contributed by atoms with Gasteiger partial charge in [-0.3, -0.25) is 0 Å². The largest absolute Gasteiger partial charge is 0.493 e. The Hall–Kier alpha value is -1.30. The van der Waals surface area contributed by atoms with E-state index < -0.39 is 12.1 Å². The Labute approximate surface area is 95.0 Å². The van der Waals surface area contributed by atoms with E-state index in [-0.39, 0.29) is 6.54 Å². The van der Waals surface area contributed by atoms with Gasteiger partial charge < -0.3 is 26.0 Å². The number of aliphatic hydroxyl groups excluding tert-OH is 1. The third kappa shape index (κ3) is 2.63. The summed E-state index contributed by atoms with van der Waals surface area (Å²) in [4.78, 5) is 0. The smallest absolute Gasteiger partial charge is 0.161 e. The predicted octanol–water partition coefficient (Wildman–Crippen LogP) is 0.0232. The minimum atomic E-state index is -0.766. The van der Waals surface area contributed by atoms with E-state index in [1.807, 2.05) is 0 Å². The van der Waals surface area contributed by atoms with Crippen LogP contribution < -0.4 is 20.9 Å². The molecule has 0 aliphatic carbocycles. The van der Waals surface area contributed by atoms with Crippen molar-refractivity contribution >= 4 is 0 Å². The number of hydrogen-bond donors (Lipinski definition) is 3. The third-order valence-corrected chi connectivity index (χ3v) is 2.45. The fourth-order valence-electron chi connectivity index (χ4n) is 1.43. The van der Waals surface area contributed by atoms with E-state index in [0.29, 0.717) is 11.5 Å². The summed E-state index contributed by atoms with van der Waals surface area (Å²) in [6.07, 6.45) is -0.766. The molecule has 0 fully saturated rings. The van der Waals surface area contributed by atoms with Crippen LogP contribution in [0.4, 0.5) is 0 Å². The van der Waals surface area contributed by atoms with Crippen molar-refractivity contribution in [2.75, 3.05) is 20.8 Å². The van der Waals surface area contributed by atoms with E-state index in [1.165, 1.54) is 0 Å². The van der Waals surface area contributed by atoms with Crippen LogP contribution in [0, 0.1) is 0 Å². The maximum absolute atomic E-state index is 9.55. The summed E-state index contributed by atoms with van der Waals surface area (Å²) in [6.45, 7) is 0.121. The SMILES string of the molecule is COc1ccc(C(N)C(O)CN)cc1OC. The number of benzene rings is 1. The number of hydrogen-bond acceptors (Lipinski definition) is 5. The van der Waals surface area contributed by atoms with Crippen molar-refractivity contribution in [3.05, 3.63) is 23.8 Å². The van der Waals surface area contributed by atoms with Gasteiger partial charge in [-0.2, -0.15) is 0 Å². The van der Waals surface area contributed by atoms with Crippen molar-refractivity contribution in [1.29, 1.82) is 0 Å². The molecule has 2 unspecified atom stereocenters. The molecule has 0 aliphatic rings. The molecule has 1 aromatic rings. The summed E-state index contributed by atoms with van der Waals surface area (Å²) in [7, 11) is 3.11. The van der Waals surface area contributed by atoms with E-state index in [2.05, 4.69) is 0 Å². The summed E-state index contributed by atoms with van der Waals surface area (Å²) in [6, 6.07) is 4.75. The first kappa shape index (κ1) is 12.8. The number of ether oxygens (including phenoxy) is 2. The van der Waals surface area contributed by atoms with Crippen LogP contribution >= 0.6 is 0 Å². The van der Waals surface area contributed by atoms with Crippen LogP contribution in [0.1, 0.15) is 11.6 Å². The fraction of sp³-hybridized carbons (Fsp3) is 0.455. The van der Waals surface area contributed by atoms with Gasteiger partial charge in [-0.25, -0.2) is 0 Å². The second-order valence-corrected chi connectivity index (χ2v) is 3.44.